The monoisotopic (exact) mass is 264 g/mol. The fraction of sp³-hybridized carbons (Fsp3) is 0.222. The summed E-state index contributed by atoms with van der Waals surface area (Å²) in [6.45, 7) is 1.18. The third-order valence-corrected chi connectivity index (χ3v) is 2.41. The van der Waals surface area contributed by atoms with Crippen LogP contribution in [-0.4, -0.2) is 10.9 Å². The minimum Gasteiger partial charge on any atom is -0.506 e. The molecule has 0 unspecified atom stereocenters. The van der Waals surface area contributed by atoms with Crippen LogP contribution in [0.2, 0.25) is 0 Å². The molecule has 0 amide bonds. The van der Waals surface area contributed by atoms with E-state index in [1.165, 1.54) is 19.1 Å². The smallest absolute Gasteiger partial charge is 0.268 e. The van der Waals surface area contributed by atoms with Gasteiger partial charge in [-0.25, -0.2) is 8.78 Å². The van der Waals surface area contributed by atoms with E-state index in [0.29, 0.717) is 0 Å². The summed E-state index contributed by atoms with van der Waals surface area (Å²) in [7, 11) is 0. The van der Waals surface area contributed by atoms with Crippen molar-refractivity contribution in [1.29, 1.82) is 0 Å². The van der Waals surface area contributed by atoms with Crippen molar-refractivity contribution in [2.24, 2.45) is 0 Å². The van der Waals surface area contributed by atoms with Crippen LogP contribution in [0.5, 0.6) is 5.75 Å². The van der Waals surface area contributed by atoms with Gasteiger partial charge in [0, 0.05) is 5.56 Å². The number of hydrogen-bond acceptors (Lipinski definition) is 2. The molecule has 1 N–H and O–H groups in total. The molecule has 0 aliphatic rings. The van der Waals surface area contributed by atoms with E-state index in [9.17, 15) is 18.7 Å². The molecule has 5 heteroatoms. The van der Waals surface area contributed by atoms with Crippen LogP contribution < -0.4 is 0 Å². The molecule has 0 atom stereocenters. The molecule has 2 nitrogen and oxygen atoms in total. The van der Waals surface area contributed by atoms with Gasteiger partial charge in [-0.3, -0.25) is 4.79 Å². The molecular formula is C9H7BrF2O2. The van der Waals surface area contributed by atoms with E-state index >= 15 is 0 Å². The van der Waals surface area contributed by atoms with Gasteiger partial charge in [-0.1, -0.05) is 0 Å². The van der Waals surface area contributed by atoms with Gasteiger partial charge in [-0.15, -0.1) is 0 Å². The average molecular weight is 265 g/mol. The standard InChI is InChI=1S/C9H7BrF2O2/c1-4(13)5-2-3-6(10)8(14)7(5)9(11)12/h2-3,9,14H,1H3. The Morgan fingerprint density at radius 3 is 2.50 bits per heavy atom. The Morgan fingerprint density at radius 2 is 2.07 bits per heavy atom. The quantitative estimate of drug-likeness (QED) is 0.833. The van der Waals surface area contributed by atoms with Crippen molar-refractivity contribution in [2.45, 2.75) is 13.3 Å². The van der Waals surface area contributed by atoms with Crippen LogP contribution >= 0.6 is 15.9 Å². The number of halogens is 3. The predicted molar refractivity (Wildman–Crippen MR) is 50.8 cm³/mol. The molecule has 0 radical (unpaired) electrons. The summed E-state index contributed by atoms with van der Waals surface area (Å²) >= 11 is 2.90. The second-order valence-electron chi connectivity index (χ2n) is 2.71. The van der Waals surface area contributed by atoms with Crippen molar-refractivity contribution < 1.29 is 18.7 Å². The van der Waals surface area contributed by atoms with Crippen molar-refractivity contribution in [3.8, 4) is 5.75 Å². The Balaban J connectivity index is 3.45. The summed E-state index contributed by atoms with van der Waals surface area (Å²) in [6.07, 6.45) is -2.87. The van der Waals surface area contributed by atoms with Gasteiger partial charge in [-0.05, 0) is 35.0 Å². The topological polar surface area (TPSA) is 37.3 Å². The minimum atomic E-state index is -2.87. The lowest BCUT2D eigenvalue weighted by molar-refractivity contribution is 0.0996. The van der Waals surface area contributed by atoms with E-state index in [-0.39, 0.29) is 10.0 Å². The lowest BCUT2D eigenvalue weighted by atomic mass is 10.0. The lowest BCUT2D eigenvalue weighted by Crippen LogP contribution is -2.00. The number of hydrogen-bond donors (Lipinski definition) is 1. The zero-order valence-corrected chi connectivity index (χ0v) is 8.81. The highest BCUT2D eigenvalue weighted by molar-refractivity contribution is 9.10. The summed E-state index contributed by atoms with van der Waals surface area (Å²) in [6, 6.07) is 2.62. The minimum absolute atomic E-state index is 0.151. The zero-order valence-electron chi connectivity index (χ0n) is 7.22. The number of phenols is 1. The Labute approximate surface area is 87.7 Å². The molecule has 0 saturated carbocycles. The Morgan fingerprint density at radius 1 is 1.50 bits per heavy atom. The highest BCUT2D eigenvalue weighted by Gasteiger charge is 2.21. The fourth-order valence-corrected chi connectivity index (χ4v) is 1.46. The van der Waals surface area contributed by atoms with Crippen LogP contribution in [0.25, 0.3) is 0 Å². The summed E-state index contributed by atoms with van der Waals surface area (Å²) in [5, 5.41) is 9.32. The van der Waals surface area contributed by atoms with E-state index < -0.39 is 23.5 Å². The van der Waals surface area contributed by atoms with Gasteiger partial charge in [0.15, 0.2) is 5.78 Å². The molecule has 0 aliphatic carbocycles. The molecule has 14 heavy (non-hydrogen) atoms. The van der Waals surface area contributed by atoms with Gasteiger partial charge < -0.3 is 5.11 Å². The van der Waals surface area contributed by atoms with E-state index in [1.807, 2.05) is 0 Å². The number of Topliss-reactive ketones (excluding diaryl/α,β-unsaturated/α-hetero) is 1. The van der Waals surface area contributed by atoms with Crippen LogP contribution in [0, 0.1) is 0 Å². The van der Waals surface area contributed by atoms with Gasteiger partial charge in [0.2, 0.25) is 0 Å². The summed E-state index contributed by atoms with van der Waals surface area (Å²) in [4.78, 5) is 11.0. The molecule has 0 aliphatic heterocycles. The molecule has 0 fully saturated rings. The summed E-state index contributed by atoms with van der Waals surface area (Å²) in [5.41, 5.74) is -0.771. The second kappa shape index (κ2) is 4.04. The first kappa shape index (κ1) is 11.1. The molecular weight excluding hydrogens is 258 g/mol. The molecule has 0 aromatic heterocycles. The fourth-order valence-electron chi connectivity index (χ4n) is 1.11. The van der Waals surface area contributed by atoms with Gasteiger partial charge in [0.25, 0.3) is 6.43 Å². The number of ketones is 1. The van der Waals surface area contributed by atoms with Gasteiger partial charge in [-0.2, -0.15) is 0 Å². The largest absolute Gasteiger partial charge is 0.506 e. The highest BCUT2D eigenvalue weighted by atomic mass is 79.9. The molecule has 1 aromatic carbocycles. The van der Waals surface area contributed by atoms with Crippen molar-refractivity contribution in [1.82, 2.24) is 0 Å². The Kier molecular flexibility index (Phi) is 3.21. The number of rotatable bonds is 2. The maximum Gasteiger partial charge on any atom is 0.268 e. The molecule has 0 saturated heterocycles. The number of alkyl halides is 2. The van der Waals surface area contributed by atoms with Crippen molar-refractivity contribution in [3.05, 3.63) is 27.7 Å². The number of aromatic hydroxyl groups is 1. The highest BCUT2D eigenvalue weighted by Crippen LogP contribution is 2.37. The first-order valence-electron chi connectivity index (χ1n) is 3.75. The van der Waals surface area contributed by atoms with E-state index in [2.05, 4.69) is 15.9 Å². The van der Waals surface area contributed by atoms with E-state index in [0.717, 1.165) is 0 Å². The van der Waals surface area contributed by atoms with Gasteiger partial charge in [0.1, 0.15) is 5.75 Å². The lowest BCUT2D eigenvalue weighted by Gasteiger charge is -2.09. The Bertz CT molecular complexity index is 377. The molecule has 0 heterocycles. The average Bonchev–Trinajstić information content (AvgIpc) is 2.08. The van der Waals surface area contributed by atoms with Gasteiger partial charge >= 0.3 is 0 Å². The third-order valence-electron chi connectivity index (χ3n) is 1.77. The zero-order chi connectivity index (χ0) is 10.9. The number of carbonyl (C=O) groups is 1. The molecule has 1 rings (SSSR count). The van der Waals surface area contributed by atoms with Gasteiger partial charge in [0.05, 0.1) is 10.0 Å². The molecule has 0 bridgehead atoms. The van der Waals surface area contributed by atoms with Crippen LogP contribution in [0.3, 0.4) is 0 Å². The Hall–Kier alpha value is -0.970. The maximum absolute atomic E-state index is 12.5. The molecule has 76 valence electrons. The number of benzene rings is 1. The van der Waals surface area contributed by atoms with E-state index in [4.69, 9.17) is 0 Å². The number of phenolic OH excluding ortho intramolecular Hbond substituents is 1. The SMILES string of the molecule is CC(=O)c1ccc(Br)c(O)c1C(F)F. The maximum atomic E-state index is 12.5. The molecule has 1 aromatic rings. The number of carbonyl (C=O) groups excluding carboxylic acids is 1. The van der Waals surface area contributed by atoms with Crippen LogP contribution in [0.15, 0.2) is 16.6 Å². The van der Waals surface area contributed by atoms with Crippen LogP contribution in [0.4, 0.5) is 8.78 Å². The first-order chi connectivity index (χ1) is 6.45. The first-order valence-corrected chi connectivity index (χ1v) is 4.55. The third kappa shape index (κ3) is 1.92. The van der Waals surface area contributed by atoms with Crippen molar-refractivity contribution >= 4 is 21.7 Å². The van der Waals surface area contributed by atoms with Crippen molar-refractivity contribution in [2.75, 3.05) is 0 Å². The van der Waals surface area contributed by atoms with Crippen molar-refractivity contribution in [3.63, 3.8) is 0 Å². The van der Waals surface area contributed by atoms with E-state index in [1.54, 1.807) is 0 Å². The predicted octanol–water partition coefficient (Wildman–Crippen LogP) is 3.29. The second-order valence-corrected chi connectivity index (χ2v) is 3.57. The molecule has 0 spiro atoms. The normalized spacial score (nSPS) is 10.6. The van der Waals surface area contributed by atoms with Crippen LogP contribution in [-0.2, 0) is 0 Å². The summed E-state index contributed by atoms with van der Waals surface area (Å²) in [5.74, 6) is -1.07. The summed E-state index contributed by atoms with van der Waals surface area (Å²) < 4.78 is 25.1. The van der Waals surface area contributed by atoms with Crippen LogP contribution in [0.1, 0.15) is 29.3 Å².